The number of nitrogens with one attached hydrogen (secondary N) is 1. The molecular formula is C9H13N3OS. The number of nitrogens with zero attached hydrogens (tertiary/aromatic N) is 2. The summed E-state index contributed by atoms with van der Waals surface area (Å²) in [6.07, 6.45) is 2.75. The SMILES string of the molecule is CCC1CN=C(NCc2ccon2)S1. The van der Waals surface area contributed by atoms with Crippen LogP contribution in [0.25, 0.3) is 0 Å². The highest BCUT2D eigenvalue weighted by Crippen LogP contribution is 2.21. The minimum Gasteiger partial charge on any atom is -0.364 e. The van der Waals surface area contributed by atoms with E-state index in [-0.39, 0.29) is 0 Å². The van der Waals surface area contributed by atoms with Gasteiger partial charge >= 0.3 is 0 Å². The monoisotopic (exact) mass is 211 g/mol. The van der Waals surface area contributed by atoms with Gasteiger partial charge in [0, 0.05) is 11.3 Å². The standard InChI is InChI=1S/C9H13N3OS/c1-2-8-6-11-9(14-8)10-5-7-3-4-13-12-7/h3-4,8H,2,5-6H2,1H3,(H,10,11). The maximum absolute atomic E-state index is 4.74. The van der Waals surface area contributed by atoms with Gasteiger partial charge < -0.3 is 9.84 Å². The second-order valence-corrected chi connectivity index (χ2v) is 4.43. The molecule has 0 spiro atoms. The van der Waals surface area contributed by atoms with Crippen molar-refractivity contribution in [1.82, 2.24) is 10.5 Å². The van der Waals surface area contributed by atoms with E-state index in [9.17, 15) is 0 Å². The lowest BCUT2D eigenvalue weighted by molar-refractivity contribution is 0.411. The van der Waals surface area contributed by atoms with E-state index >= 15 is 0 Å². The number of hydrogen-bond donors (Lipinski definition) is 1. The van der Waals surface area contributed by atoms with Gasteiger partial charge in [0.1, 0.15) is 12.0 Å². The lowest BCUT2D eigenvalue weighted by Crippen LogP contribution is -2.18. The molecule has 2 rings (SSSR count). The molecule has 1 atom stereocenters. The minimum absolute atomic E-state index is 0.648. The Kier molecular flexibility index (Phi) is 3.08. The number of thioether (sulfide) groups is 1. The smallest absolute Gasteiger partial charge is 0.157 e. The first kappa shape index (κ1) is 9.58. The van der Waals surface area contributed by atoms with Crippen molar-refractivity contribution in [3.05, 3.63) is 18.0 Å². The molecule has 0 saturated carbocycles. The van der Waals surface area contributed by atoms with Gasteiger partial charge in [0.2, 0.25) is 0 Å². The highest BCUT2D eigenvalue weighted by atomic mass is 32.2. The van der Waals surface area contributed by atoms with Gasteiger partial charge in [0.25, 0.3) is 0 Å². The summed E-state index contributed by atoms with van der Waals surface area (Å²) in [5.41, 5.74) is 0.910. The number of hydrogen-bond acceptors (Lipinski definition) is 5. The van der Waals surface area contributed by atoms with Gasteiger partial charge in [-0.1, -0.05) is 23.8 Å². The molecule has 0 amide bonds. The summed E-state index contributed by atoms with van der Waals surface area (Å²) in [5, 5.41) is 8.73. The van der Waals surface area contributed by atoms with Crippen molar-refractivity contribution in [2.24, 2.45) is 4.99 Å². The average Bonchev–Trinajstić information content (AvgIpc) is 2.86. The van der Waals surface area contributed by atoms with Crippen LogP contribution in [0.4, 0.5) is 0 Å². The minimum atomic E-state index is 0.648. The fourth-order valence-corrected chi connectivity index (χ4v) is 2.16. The molecule has 1 aliphatic heterocycles. The topological polar surface area (TPSA) is 50.4 Å². The van der Waals surface area contributed by atoms with Crippen LogP contribution in [-0.4, -0.2) is 22.1 Å². The summed E-state index contributed by atoms with van der Waals surface area (Å²) >= 11 is 1.81. The molecule has 0 saturated heterocycles. The van der Waals surface area contributed by atoms with Gasteiger partial charge in [-0.15, -0.1) is 0 Å². The molecule has 0 aromatic carbocycles. The molecule has 1 unspecified atom stereocenters. The first-order valence-corrected chi connectivity index (χ1v) is 5.60. The van der Waals surface area contributed by atoms with Crippen molar-refractivity contribution in [2.45, 2.75) is 25.1 Å². The highest BCUT2D eigenvalue weighted by molar-refractivity contribution is 8.14. The molecule has 0 aliphatic carbocycles. The maximum Gasteiger partial charge on any atom is 0.157 e. The Labute approximate surface area is 87.1 Å². The molecule has 76 valence electrons. The molecule has 1 aromatic rings. The van der Waals surface area contributed by atoms with Gasteiger partial charge in [0.15, 0.2) is 5.17 Å². The van der Waals surface area contributed by atoms with Crippen molar-refractivity contribution in [2.75, 3.05) is 6.54 Å². The highest BCUT2D eigenvalue weighted by Gasteiger charge is 2.17. The maximum atomic E-state index is 4.74. The van der Waals surface area contributed by atoms with Gasteiger partial charge in [-0.05, 0) is 6.42 Å². The summed E-state index contributed by atoms with van der Waals surface area (Å²) < 4.78 is 4.74. The van der Waals surface area contributed by atoms with Crippen LogP contribution in [0.1, 0.15) is 19.0 Å². The van der Waals surface area contributed by atoms with E-state index in [1.165, 1.54) is 6.42 Å². The van der Waals surface area contributed by atoms with E-state index in [1.807, 2.05) is 17.8 Å². The molecule has 1 N–H and O–H groups in total. The van der Waals surface area contributed by atoms with Crippen LogP contribution in [0.2, 0.25) is 0 Å². The molecule has 5 heteroatoms. The average molecular weight is 211 g/mol. The second kappa shape index (κ2) is 4.50. The van der Waals surface area contributed by atoms with Crippen LogP contribution in [0, 0.1) is 0 Å². The summed E-state index contributed by atoms with van der Waals surface area (Å²) in [7, 11) is 0. The Morgan fingerprint density at radius 2 is 2.64 bits per heavy atom. The normalized spacial score (nSPS) is 20.9. The first-order chi connectivity index (χ1) is 6.88. The molecule has 0 radical (unpaired) electrons. The summed E-state index contributed by atoms with van der Waals surface area (Å²) in [4.78, 5) is 4.40. The van der Waals surface area contributed by atoms with Crippen LogP contribution < -0.4 is 5.32 Å². The van der Waals surface area contributed by atoms with Crippen molar-refractivity contribution in [3.8, 4) is 0 Å². The van der Waals surface area contributed by atoms with Gasteiger partial charge in [-0.3, -0.25) is 4.99 Å². The van der Waals surface area contributed by atoms with Crippen molar-refractivity contribution in [3.63, 3.8) is 0 Å². The Morgan fingerprint density at radius 3 is 3.29 bits per heavy atom. The number of aromatic nitrogens is 1. The summed E-state index contributed by atoms with van der Waals surface area (Å²) in [6, 6.07) is 1.85. The zero-order valence-electron chi connectivity index (χ0n) is 8.06. The van der Waals surface area contributed by atoms with Crippen molar-refractivity contribution < 1.29 is 4.52 Å². The van der Waals surface area contributed by atoms with E-state index in [4.69, 9.17) is 4.52 Å². The molecular weight excluding hydrogens is 198 g/mol. The molecule has 0 bridgehead atoms. The zero-order chi connectivity index (χ0) is 9.80. The van der Waals surface area contributed by atoms with Crippen LogP contribution in [0.5, 0.6) is 0 Å². The van der Waals surface area contributed by atoms with E-state index in [0.29, 0.717) is 11.8 Å². The van der Waals surface area contributed by atoms with Crippen LogP contribution in [0.15, 0.2) is 21.8 Å². The summed E-state index contributed by atoms with van der Waals surface area (Å²) in [5.74, 6) is 0. The Bertz CT molecular complexity index is 310. The lowest BCUT2D eigenvalue weighted by atomic mass is 10.3. The van der Waals surface area contributed by atoms with E-state index in [1.54, 1.807) is 6.26 Å². The zero-order valence-corrected chi connectivity index (χ0v) is 8.88. The Morgan fingerprint density at radius 1 is 1.71 bits per heavy atom. The molecule has 0 fully saturated rings. The quantitative estimate of drug-likeness (QED) is 0.826. The van der Waals surface area contributed by atoms with Crippen LogP contribution in [-0.2, 0) is 6.54 Å². The van der Waals surface area contributed by atoms with Gasteiger partial charge in [-0.25, -0.2) is 0 Å². The lowest BCUT2D eigenvalue weighted by Gasteiger charge is -2.04. The predicted octanol–water partition coefficient (Wildman–Crippen LogP) is 1.65. The van der Waals surface area contributed by atoms with Crippen LogP contribution >= 0.6 is 11.8 Å². The number of aliphatic imine (C=N–C) groups is 1. The number of amidine groups is 1. The molecule has 2 heterocycles. The third-order valence-corrected chi connectivity index (χ3v) is 3.40. The predicted molar refractivity (Wildman–Crippen MR) is 57.3 cm³/mol. The fraction of sp³-hybridized carbons (Fsp3) is 0.556. The molecule has 1 aliphatic rings. The molecule has 4 nitrogen and oxygen atoms in total. The number of rotatable bonds is 3. The van der Waals surface area contributed by atoms with E-state index < -0.39 is 0 Å². The third-order valence-electron chi connectivity index (χ3n) is 2.08. The largest absolute Gasteiger partial charge is 0.364 e. The Balaban J connectivity index is 1.77. The molecule has 1 aromatic heterocycles. The van der Waals surface area contributed by atoms with Gasteiger partial charge in [0.05, 0.1) is 13.1 Å². The second-order valence-electron chi connectivity index (χ2n) is 3.14. The van der Waals surface area contributed by atoms with Gasteiger partial charge in [-0.2, -0.15) is 0 Å². The fourth-order valence-electron chi connectivity index (χ4n) is 1.22. The van der Waals surface area contributed by atoms with Crippen molar-refractivity contribution >= 4 is 16.9 Å². The molecule has 14 heavy (non-hydrogen) atoms. The first-order valence-electron chi connectivity index (χ1n) is 4.72. The third kappa shape index (κ3) is 2.29. The van der Waals surface area contributed by atoms with Crippen LogP contribution in [0.3, 0.4) is 0 Å². The summed E-state index contributed by atoms with van der Waals surface area (Å²) in [6.45, 7) is 3.81. The van der Waals surface area contributed by atoms with E-state index in [2.05, 4.69) is 22.4 Å². The van der Waals surface area contributed by atoms with E-state index in [0.717, 1.165) is 17.4 Å². The van der Waals surface area contributed by atoms with Crippen molar-refractivity contribution in [1.29, 1.82) is 0 Å². The Hall–Kier alpha value is -0.970.